The van der Waals surface area contributed by atoms with Crippen molar-refractivity contribution in [1.29, 1.82) is 0 Å². The number of thioether (sulfide) groups is 1. The van der Waals surface area contributed by atoms with Crippen molar-refractivity contribution in [3.8, 4) is 0 Å². The summed E-state index contributed by atoms with van der Waals surface area (Å²) < 4.78 is 0. The van der Waals surface area contributed by atoms with Crippen molar-refractivity contribution >= 4 is 30.1 Å². The van der Waals surface area contributed by atoms with Crippen molar-refractivity contribution in [2.24, 2.45) is 10.9 Å². The lowest BCUT2D eigenvalue weighted by Crippen LogP contribution is -2.42. The minimum Gasteiger partial charge on any atom is -0.353 e. The Kier molecular flexibility index (Phi) is 11.0. The van der Waals surface area contributed by atoms with Gasteiger partial charge in [0.15, 0.2) is 0 Å². The molecule has 3 rings (SSSR count). The minimum absolute atomic E-state index is 0.199. The van der Waals surface area contributed by atoms with Crippen LogP contribution in [0.4, 0.5) is 5.69 Å². The second-order valence-corrected chi connectivity index (χ2v) is 10.9. The van der Waals surface area contributed by atoms with Gasteiger partial charge in [-0.25, -0.2) is 0 Å². The molecule has 1 aliphatic heterocycles. The molecule has 1 N–H and O–H groups in total. The molecule has 0 aromatic heterocycles. The van der Waals surface area contributed by atoms with Crippen molar-refractivity contribution in [2.75, 3.05) is 25.4 Å². The summed E-state index contributed by atoms with van der Waals surface area (Å²) >= 11 is 1.79. The summed E-state index contributed by atoms with van der Waals surface area (Å²) in [6.07, 6.45) is 12.4. The SMILES string of the molecule is C=Nc1ccc(CC)cc1SCCCC(=O)NC(CC(=C)CN1CCCC1)C1CCCCC1. The third-order valence-corrected chi connectivity index (χ3v) is 8.26. The maximum absolute atomic E-state index is 12.9. The molecule has 1 aromatic rings. The molecule has 1 amide bonds. The van der Waals surface area contributed by atoms with Gasteiger partial charge in [0.25, 0.3) is 0 Å². The summed E-state index contributed by atoms with van der Waals surface area (Å²) in [5, 5.41) is 3.43. The predicted molar refractivity (Wildman–Crippen MR) is 143 cm³/mol. The lowest BCUT2D eigenvalue weighted by atomic mass is 9.81. The van der Waals surface area contributed by atoms with Gasteiger partial charge in [0.05, 0.1) is 5.69 Å². The Balaban J connectivity index is 1.47. The zero-order valence-electron chi connectivity index (χ0n) is 20.6. The molecule has 1 unspecified atom stereocenters. The summed E-state index contributed by atoms with van der Waals surface area (Å²) in [6.45, 7) is 13.6. The van der Waals surface area contributed by atoms with Crippen molar-refractivity contribution in [3.05, 3.63) is 35.9 Å². The van der Waals surface area contributed by atoms with E-state index in [4.69, 9.17) is 0 Å². The Hall–Kier alpha value is -1.59. The largest absolute Gasteiger partial charge is 0.353 e. The van der Waals surface area contributed by atoms with E-state index in [-0.39, 0.29) is 11.9 Å². The topological polar surface area (TPSA) is 44.7 Å². The van der Waals surface area contributed by atoms with Crippen LogP contribution in [0.2, 0.25) is 0 Å². The summed E-state index contributed by atoms with van der Waals surface area (Å²) in [5.74, 6) is 1.72. The molecule has 1 aromatic carbocycles. The van der Waals surface area contributed by atoms with Gasteiger partial charge in [-0.05, 0) is 94.1 Å². The molecule has 2 aliphatic rings. The van der Waals surface area contributed by atoms with Crippen molar-refractivity contribution in [1.82, 2.24) is 10.2 Å². The molecule has 1 atom stereocenters. The molecule has 182 valence electrons. The van der Waals surface area contributed by atoms with E-state index < -0.39 is 0 Å². The molecule has 2 fully saturated rings. The summed E-state index contributed by atoms with van der Waals surface area (Å²) in [7, 11) is 0. The van der Waals surface area contributed by atoms with Gasteiger partial charge in [0.1, 0.15) is 0 Å². The van der Waals surface area contributed by atoms with Crippen LogP contribution in [-0.4, -0.2) is 49.0 Å². The normalized spacial score (nSPS) is 18.2. The molecule has 4 nitrogen and oxygen atoms in total. The van der Waals surface area contributed by atoms with Crippen LogP contribution in [0.25, 0.3) is 0 Å². The first-order valence-electron chi connectivity index (χ1n) is 13.0. The summed E-state index contributed by atoms with van der Waals surface area (Å²) in [4.78, 5) is 20.7. The highest BCUT2D eigenvalue weighted by atomic mass is 32.2. The van der Waals surface area contributed by atoms with Crippen molar-refractivity contribution < 1.29 is 4.79 Å². The fraction of sp³-hybridized carbons (Fsp3) is 0.643. The average molecular weight is 470 g/mol. The van der Waals surface area contributed by atoms with E-state index in [1.165, 1.54) is 74.1 Å². The zero-order valence-corrected chi connectivity index (χ0v) is 21.4. The van der Waals surface area contributed by atoms with Crippen molar-refractivity contribution in [2.45, 2.75) is 88.5 Å². The number of likely N-dealkylation sites (tertiary alicyclic amines) is 1. The molecule has 0 radical (unpaired) electrons. The summed E-state index contributed by atoms with van der Waals surface area (Å²) in [6, 6.07) is 6.62. The summed E-state index contributed by atoms with van der Waals surface area (Å²) in [5.41, 5.74) is 3.53. The molecule has 1 heterocycles. The number of aliphatic imine (C=N–C) groups is 1. The molecule has 33 heavy (non-hydrogen) atoms. The van der Waals surface area contributed by atoms with Crippen LogP contribution in [0.5, 0.6) is 0 Å². The van der Waals surface area contributed by atoms with Crippen LogP contribution < -0.4 is 5.32 Å². The predicted octanol–water partition coefficient (Wildman–Crippen LogP) is 6.56. The Morgan fingerprint density at radius 1 is 1.21 bits per heavy atom. The Labute approximate surface area is 205 Å². The molecular weight excluding hydrogens is 426 g/mol. The number of carbonyl (C=O) groups is 1. The van der Waals surface area contributed by atoms with Crippen LogP contribution in [0, 0.1) is 5.92 Å². The number of hydrogen-bond acceptors (Lipinski definition) is 4. The van der Waals surface area contributed by atoms with Gasteiger partial charge in [-0.3, -0.25) is 14.7 Å². The van der Waals surface area contributed by atoms with Gasteiger partial charge in [0, 0.05) is 23.9 Å². The highest BCUT2D eigenvalue weighted by Gasteiger charge is 2.26. The highest BCUT2D eigenvalue weighted by Crippen LogP contribution is 2.32. The smallest absolute Gasteiger partial charge is 0.220 e. The lowest BCUT2D eigenvalue weighted by molar-refractivity contribution is -0.122. The fourth-order valence-corrected chi connectivity index (χ4v) is 6.25. The van der Waals surface area contributed by atoms with Crippen LogP contribution in [-0.2, 0) is 11.2 Å². The number of amides is 1. The Morgan fingerprint density at radius 2 is 1.97 bits per heavy atom. The van der Waals surface area contributed by atoms with Gasteiger partial charge >= 0.3 is 0 Å². The number of aryl methyl sites for hydroxylation is 1. The first-order valence-corrected chi connectivity index (χ1v) is 14.0. The zero-order chi connectivity index (χ0) is 23.5. The number of benzene rings is 1. The number of nitrogens with one attached hydrogen (secondary N) is 1. The molecule has 0 spiro atoms. The third kappa shape index (κ3) is 8.60. The fourth-order valence-electron chi connectivity index (χ4n) is 5.22. The van der Waals surface area contributed by atoms with Crippen LogP contribution in [0.3, 0.4) is 0 Å². The maximum Gasteiger partial charge on any atom is 0.220 e. The molecule has 1 aliphatic carbocycles. The van der Waals surface area contributed by atoms with Gasteiger partial charge in [-0.1, -0.05) is 44.4 Å². The monoisotopic (exact) mass is 469 g/mol. The molecule has 0 bridgehead atoms. The average Bonchev–Trinajstić information content (AvgIpc) is 3.34. The number of carbonyl (C=O) groups excluding carboxylic acids is 1. The van der Waals surface area contributed by atoms with E-state index in [0.717, 1.165) is 37.2 Å². The highest BCUT2D eigenvalue weighted by molar-refractivity contribution is 7.99. The first kappa shape index (κ1) is 26.0. The quantitative estimate of drug-likeness (QED) is 0.154. The lowest BCUT2D eigenvalue weighted by Gasteiger charge is -2.32. The maximum atomic E-state index is 12.9. The second-order valence-electron chi connectivity index (χ2n) is 9.78. The first-order chi connectivity index (χ1) is 16.1. The molecular formula is C28H43N3OS. The van der Waals surface area contributed by atoms with Crippen LogP contribution in [0.15, 0.2) is 40.2 Å². The van der Waals surface area contributed by atoms with Gasteiger partial charge in [-0.15, -0.1) is 11.8 Å². The van der Waals surface area contributed by atoms with Crippen LogP contribution >= 0.6 is 11.8 Å². The molecule has 1 saturated heterocycles. The van der Waals surface area contributed by atoms with E-state index in [9.17, 15) is 4.79 Å². The standard InChI is InChI=1S/C28H43N3OS/c1-4-23-14-15-25(29-3)27(20-23)33-18-10-13-28(32)30-26(24-11-6-5-7-12-24)19-22(2)21-31-16-8-9-17-31/h14-15,20,24,26H,2-13,16-19,21H2,1H3,(H,30,32). The van der Waals surface area contributed by atoms with E-state index >= 15 is 0 Å². The van der Waals surface area contributed by atoms with Crippen LogP contribution in [0.1, 0.15) is 76.7 Å². The van der Waals surface area contributed by atoms with Gasteiger partial charge in [0.2, 0.25) is 5.91 Å². The van der Waals surface area contributed by atoms with Gasteiger partial charge in [-0.2, -0.15) is 0 Å². The van der Waals surface area contributed by atoms with E-state index in [2.05, 4.69) is 47.6 Å². The molecule has 1 saturated carbocycles. The third-order valence-electron chi connectivity index (χ3n) is 7.13. The number of nitrogens with zero attached hydrogens (tertiary/aromatic N) is 2. The Bertz CT molecular complexity index is 781. The van der Waals surface area contributed by atoms with Gasteiger partial charge < -0.3 is 5.32 Å². The Morgan fingerprint density at radius 3 is 2.67 bits per heavy atom. The molecule has 5 heteroatoms. The van der Waals surface area contributed by atoms with E-state index in [1.54, 1.807) is 11.8 Å². The van der Waals surface area contributed by atoms with E-state index in [1.807, 2.05) is 6.07 Å². The number of rotatable bonds is 13. The van der Waals surface area contributed by atoms with Crippen molar-refractivity contribution in [3.63, 3.8) is 0 Å². The number of hydrogen-bond donors (Lipinski definition) is 1. The van der Waals surface area contributed by atoms with E-state index in [0.29, 0.717) is 12.3 Å². The minimum atomic E-state index is 0.199. The second kappa shape index (κ2) is 14.0.